The van der Waals surface area contributed by atoms with E-state index in [-0.39, 0.29) is 22.7 Å². The summed E-state index contributed by atoms with van der Waals surface area (Å²) in [5, 5.41) is 25.1. The van der Waals surface area contributed by atoms with Crippen molar-refractivity contribution in [1.29, 1.82) is 0 Å². The summed E-state index contributed by atoms with van der Waals surface area (Å²) in [4.78, 5) is 25.2. The molecule has 1 aromatic heterocycles. The Labute approximate surface area is 220 Å². The van der Waals surface area contributed by atoms with E-state index in [4.69, 9.17) is 4.74 Å². The van der Waals surface area contributed by atoms with Gasteiger partial charge >= 0.3 is 6.09 Å². The smallest absolute Gasteiger partial charge is 0.412 e. The number of anilines is 1. The molecule has 0 aliphatic rings. The first-order chi connectivity index (χ1) is 17.9. The Balaban J connectivity index is 1.62. The van der Waals surface area contributed by atoms with Crippen LogP contribution in [0.1, 0.15) is 37.6 Å². The van der Waals surface area contributed by atoms with Gasteiger partial charge in [-0.2, -0.15) is 0 Å². The summed E-state index contributed by atoms with van der Waals surface area (Å²) in [6.07, 6.45) is -0.574. The van der Waals surface area contributed by atoms with E-state index in [1.807, 2.05) is 32.0 Å². The number of phenolic OH excluding ortho intramolecular Hbond substituents is 1. The van der Waals surface area contributed by atoms with Crippen LogP contribution >= 0.6 is 0 Å². The molecule has 9 heteroatoms. The fourth-order valence-electron chi connectivity index (χ4n) is 3.84. The number of aromatic hydroxyl groups is 1. The quantitative estimate of drug-likeness (QED) is 0.244. The van der Waals surface area contributed by atoms with Crippen molar-refractivity contribution in [3.8, 4) is 22.6 Å². The fraction of sp³-hybridized carbons (Fsp3) is 0.241. The maximum Gasteiger partial charge on any atom is 0.412 e. The SMILES string of the molecule is Cc1ccc(-n2[nH]c(C)c(N=Nc3cccc(-c4cccc(NC(=O)OC(C)(C)C)c4)c3O)c2=O)cc1C. The first-order valence-corrected chi connectivity index (χ1v) is 12.2. The van der Waals surface area contributed by atoms with Crippen molar-refractivity contribution in [2.75, 3.05) is 5.32 Å². The summed E-state index contributed by atoms with van der Waals surface area (Å²) < 4.78 is 6.73. The Morgan fingerprint density at radius 1 is 0.974 bits per heavy atom. The van der Waals surface area contributed by atoms with E-state index < -0.39 is 11.7 Å². The third kappa shape index (κ3) is 5.83. The van der Waals surface area contributed by atoms with Crippen LogP contribution in [0.5, 0.6) is 5.75 Å². The highest BCUT2D eigenvalue weighted by atomic mass is 16.6. The Bertz CT molecular complexity index is 1590. The number of para-hydroxylation sites is 1. The van der Waals surface area contributed by atoms with Crippen LogP contribution < -0.4 is 10.9 Å². The first-order valence-electron chi connectivity index (χ1n) is 12.2. The minimum absolute atomic E-state index is 0.103. The number of carbonyl (C=O) groups excluding carboxylic acids is 1. The lowest BCUT2D eigenvalue weighted by molar-refractivity contribution is 0.0636. The van der Waals surface area contributed by atoms with E-state index in [9.17, 15) is 14.7 Å². The predicted octanol–water partition coefficient (Wildman–Crippen LogP) is 7.23. The molecular formula is C29H31N5O4. The number of nitrogens with zero attached hydrogens (tertiary/aromatic N) is 3. The zero-order valence-electron chi connectivity index (χ0n) is 22.3. The van der Waals surface area contributed by atoms with Gasteiger partial charge in [0.25, 0.3) is 5.56 Å². The zero-order valence-corrected chi connectivity index (χ0v) is 22.3. The van der Waals surface area contributed by atoms with Gasteiger partial charge in [0.15, 0.2) is 11.4 Å². The average molecular weight is 514 g/mol. The number of hydrogen-bond donors (Lipinski definition) is 3. The molecule has 0 saturated heterocycles. The van der Waals surface area contributed by atoms with Gasteiger partial charge in [-0.25, -0.2) is 9.48 Å². The van der Waals surface area contributed by atoms with Gasteiger partial charge in [-0.1, -0.05) is 30.3 Å². The van der Waals surface area contributed by atoms with Crippen molar-refractivity contribution in [2.24, 2.45) is 10.2 Å². The molecule has 9 nitrogen and oxygen atoms in total. The molecule has 0 fully saturated rings. The molecule has 0 aliphatic carbocycles. The standard InChI is InChI=1S/C29H31N5O4/c1-17-13-14-22(15-18(17)2)34-27(36)25(19(3)33-34)32-31-24-12-8-11-23(26(24)35)20-9-7-10-21(16-20)30-28(37)38-29(4,5)6/h7-16,33,35H,1-6H3,(H,30,37). The number of nitrogens with one attached hydrogen (secondary N) is 2. The van der Waals surface area contributed by atoms with Gasteiger partial charge in [0.1, 0.15) is 11.3 Å². The molecule has 3 aromatic carbocycles. The van der Waals surface area contributed by atoms with Crippen molar-refractivity contribution in [2.45, 2.75) is 47.1 Å². The molecule has 0 spiro atoms. The van der Waals surface area contributed by atoms with Crippen molar-refractivity contribution >= 4 is 23.2 Å². The molecule has 0 atom stereocenters. The van der Waals surface area contributed by atoms with Gasteiger partial charge in [-0.3, -0.25) is 15.2 Å². The van der Waals surface area contributed by atoms with Crippen LogP contribution in [-0.2, 0) is 4.74 Å². The minimum atomic E-state index is -0.626. The first kappa shape index (κ1) is 26.4. The van der Waals surface area contributed by atoms with Crippen LogP contribution in [0.2, 0.25) is 0 Å². The topological polar surface area (TPSA) is 121 Å². The van der Waals surface area contributed by atoms with Crippen LogP contribution in [0.25, 0.3) is 16.8 Å². The van der Waals surface area contributed by atoms with Gasteiger partial charge in [0, 0.05) is 11.3 Å². The summed E-state index contributed by atoms with van der Waals surface area (Å²) in [7, 11) is 0. The molecule has 3 N–H and O–H groups in total. The number of amides is 1. The number of azo groups is 1. The second-order valence-corrected chi connectivity index (χ2v) is 10.1. The van der Waals surface area contributed by atoms with Gasteiger partial charge < -0.3 is 9.84 Å². The maximum atomic E-state index is 13.1. The van der Waals surface area contributed by atoms with E-state index in [0.717, 1.165) is 11.1 Å². The lowest BCUT2D eigenvalue weighted by Crippen LogP contribution is -2.27. The highest BCUT2D eigenvalue weighted by Crippen LogP contribution is 2.38. The molecule has 4 aromatic rings. The number of aryl methyl sites for hydroxylation is 3. The summed E-state index contributed by atoms with van der Waals surface area (Å²) in [5.74, 6) is -0.103. The van der Waals surface area contributed by atoms with Crippen LogP contribution in [0.4, 0.5) is 21.9 Å². The summed E-state index contributed by atoms with van der Waals surface area (Å²) >= 11 is 0. The second-order valence-electron chi connectivity index (χ2n) is 10.1. The predicted molar refractivity (Wildman–Crippen MR) is 148 cm³/mol. The molecule has 0 unspecified atom stereocenters. The largest absolute Gasteiger partial charge is 0.505 e. The van der Waals surface area contributed by atoms with Gasteiger partial charge in [0.05, 0.1) is 11.4 Å². The van der Waals surface area contributed by atoms with Crippen molar-refractivity contribution < 1.29 is 14.6 Å². The van der Waals surface area contributed by atoms with E-state index in [0.29, 0.717) is 28.2 Å². The minimum Gasteiger partial charge on any atom is -0.505 e. The van der Waals surface area contributed by atoms with Crippen molar-refractivity contribution in [1.82, 2.24) is 9.78 Å². The molecule has 0 saturated carbocycles. The van der Waals surface area contributed by atoms with E-state index in [2.05, 4.69) is 20.6 Å². The number of H-pyrrole nitrogens is 1. The Hall–Kier alpha value is -4.66. The monoisotopic (exact) mass is 513 g/mol. The zero-order chi connectivity index (χ0) is 27.6. The molecule has 0 radical (unpaired) electrons. The molecule has 38 heavy (non-hydrogen) atoms. The van der Waals surface area contributed by atoms with Crippen molar-refractivity contribution in [3.05, 3.63) is 87.8 Å². The number of rotatable bonds is 5. The fourth-order valence-corrected chi connectivity index (χ4v) is 3.84. The number of carbonyl (C=O) groups is 1. The lowest BCUT2D eigenvalue weighted by atomic mass is 10.0. The third-order valence-corrected chi connectivity index (χ3v) is 5.88. The number of aromatic amines is 1. The molecular weight excluding hydrogens is 482 g/mol. The highest BCUT2D eigenvalue weighted by molar-refractivity contribution is 5.87. The molecule has 0 aliphatic heterocycles. The van der Waals surface area contributed by atoms with Crippen molar-refractivity contribution in [3.63, 3.8) is 0 Å². The van der Waals surface area contributed by atoms with Crippen LogP contribution in [0.3, 0.4) is 0 Å². The Morgan fingerprint density at radius 2 is 1.71 bits per heavy atom. The van der Waals surface area contributed by atoms with E-state index in [1.54, 1.807) is 70.2 Å². The summed E-state index contributed by atoms with van der Waals surface area (Å²) in [5.41, 5.74) is 4.49. The van der Waals surface area contributed by atoms with E-state index >= 15 is 0 Å². The number of benzene rings is 3. The van der Waals surface area contributed by atoms with Gasteiger partial charge in [-0.05, 0) is 88.6 Å². The molecule has 4 rings (SSSR count). The van der Waals surface area contributed by atoms with E-state index in [1.165, 1.54) is 4.68 Å². The second kappa shape index (κ2) is 10.4. The number of phenols is 1. The van der Waals surface area contributed by atoms with Gasteiger partial charge in [0.2, 0.25) is 0 Å². The molecule has 1 amide bonds. The average Bonchev–Trinajstić information content (AvgIpc) is 3.12. The lowest BCUT2D eigenvalue weighted by Gasteiger charge is -2.19. The molecule has 196 valence electrons. The Kier molecular flexibility index (Phi) is 7.21. The van der Waals surface area contributed by atoms with Crippen LogP contribution in [0, 0.1) is 20.8 Å². The maximum absolute atomic E-state index is 13.1. The van der Waals surface area contributed by atoms with Crippen LogP contribution in [-0.4, -0.2) is 26.6 Å². The van der Waals surface area contributed by atoms with Crippen LogP contribution in [0.15, 0.2) is 75.7 Å². The number of ether oxygens (including phenoxy) is 1. The highest BCUT2D eigenvalue weighted by Gasteiger charge is 2.17. The summed E-state index contributed by atoms with van der Waals surface area (Å²) in [6.45, 7) is 11.1. The number of aromatic nitrogens is 2. The molecule has 1 heterocycles. The van der Waals surface area contributed by atoms with Gasteiger partial charge in [-0.15, -0.1) is 10.2 Å². The Morgan fingerprint density at radius 3 is 2.42 bits per heavy atom. The normalized spacial score (nSPS) is 11.6. The summed E-state index contributed by atoms with van der Waals surface area (Å²) in [6, 6.07) is 17.8. The third-order valence-electron chi connectivity index (χ3n) is 5.88. The molecule has 0 bridgehead atoms. The number of hydrogen-bond acceptors (Lipinski definition) is 6.